The molecule has 4 N–H and O–H groups in total. The van der Waals surface area contributed by atoms with Gasteiger partial charge in [0.1, 0.15) is 17.7 Å². The molecule has 138 valence electrons. The predicted molar refractivity (Wildman–Crippen MR) is 104 cm³/mol. The third-order valence-corrected chi connectivity index (χ3v) is 5.55. The van der Waals surface area contributed by atoms with Crippen molar-refractivity contribution in [3.8, 4) is 5.75 Å². The molecule has 2 fully saturated rings. The highest BCUT2D eigenvalue weighted by molar-refractivity contribution is 6.32. The van der Waals surface area contributed by atoms with Crippen LogP contribution in [0.25, 0.3) is 0 Å². The fourth-order valence-electron chi connectivity index (χ4n) is 3.67. The van der Waals surface area contributed by atoms with Gasteiger partial charge in [0.05, 0.1) is 10.7 Å². The van der Waals surface area contributed by atoms with E-state index in [1.165, 1.54) is 0 Å². The van der Waals surface area contributed by atoms with Crippen LogP contribution in [0.1, 0.15) is 37.3 Å². The van der Waals surface area contributed by atoms with Gasteiger partial charge in [0, 0.05) is 44.0 Å². The number of nitrogens with two attached hydrogens (primary N) is 2. The van der Waals surface area contributed by atoms with Gasteiger partial charge in [-0.05, 0) is 25.0 Å². The molecule has 26 heavy (non-hydrogen) atoms. The molecule has 1 aromatic carbocycles. The molecule has 1 aliphatic heterocycles. The standard InChI is InChI=1S/C19H24ClN5O/c20-15-3-1-2-4-17(15)26-14-5-7-25(8-6-14)18-11-16(23-19(22)24-18)12-9-13(21)10-12/h1-4,11-14H,5-10,21H2,(H2,22,23,24). The summed E-state index contributed by atoms with van der Waals surface area (Å²) in [6.45, 7) is 1.74. The second-order valence-electron chi connectivity index (χ2n) is 7.17. The first-order valence-electron chi connectivity index (χ1n) is 9.14. The lowest BCUT2D eigenvalue weighted by Crippen LogP contribution is -2.39. The molecule has 0 unspecified atom stereocenters. The summed E-state index contributed by atoms with van der Waals surface area (Å²) >= 11 is 6.19. The Morgan fingerprint density at radius 1 is 1.12 bits per heavy atom. The second-order valence-corrected chi connectivity index (χ2v) is 7.58. The normalized spacial score (nSPS) is 23.5. The molecule has 2 aromatic rings. The van der Waals surface area contributed by atoms with E-state index in [2.05, 4.69) is 20.9 Å². The number of aromatic nitrogens is 2. The van der Waals surface area contributed by atoms with Gasteiger partial charge in [-0.1, -0.05) is 23.7 Å². The number of anilines is 2. The van der Waals surface area contributed by atoms with Crippen LogP contribution in [-0.4, -0.2) is 35.2 Å². The van der Waals surface area contributed by atoms with Crippen LogP contribution in [0.3, 0.4) is 0 Å². The predicted octanol–water partition coefficient (Wildman–Crippen LogP) is 2.96. The Hall–Kier alpha value is -2.05. The van der Waals surface area contributed by atoms with Gasteiger partial charge in [-0.25, -0.2) is 4.98 Å². The lowest BCUT2D eigenvalue weighted by Gasteiger charge is -2.35. The van der Waals surface area contributed by atoms with E-state index in [9.17, 15) is 0 Å². The maximum atomic E-state index is 6.19. The average Bonchev–Trinajstić information content (AvgIpc) is 2.61. The van der Waals surface area contributed by atoms with Gasteiger partial charge in [0.15, 0.2) is 0 Å². The summed E-state index contributed by atoms with van der Waals surface area (Å²) in [5.41, 5.74) is 12.9. The van der Waals surface area contributed by atoms with Crippen molar-refractivity contribution >= 4 is 23.4 Å². The van der Waals surface area contributed by atoms with Crippen molar-refractivity contribution in [2.45, 2.75) is 43.7 Å². The minimum atomic E-state index is 0.162. The Balaban J connectivity index is 1.39. The highest BCUT2D eigenvalue weighted by atomic mass is 35.5. The van der Waals surface area contributed by atoms with E-state index in [-0.39, 0.29) is 12.1 Å². The van der Waals surface area contributed by atoms with Crippen molar-refractivity contribution in [3.63, 3.8) is 0 Å². The van der Waals surface area contributed by atoms with Crippen LogP contribution < -0.4 is 21.1 Å². The summed E-state index contributed by atoms with van der Waals surface area (Å²) in [6, 6.07) is 9.97. The summed E-state index contributed by atoms with van der Waals surface area (Å²) in [6.07, 6.45) is 3.94. The van der Waals surface area contributed by atoms with Gasteiger partial charge < -0.3 is 21.1 Å². The molecule has 0 amide bonds. The molecular weight excluding hydrogens is 350 g/mol. The molecular formula is C19H24ClN5O. The summed E-state index contributed by atoms with van der Waals surface area (Å²) in [5, 5.41) is 0.654. The van der Waals surface area contributed by atoms with Crippen molar-refractivity contribution in [2.75, 3.05) is 23.7 Å². The Labute approximate surface area is 158 Å². The number of nitrogen functional groups attached to an aromatic ring is 1. The Kier molecular flexibility index (Phi) is 4.87. The highest BCUT2D eigenvalue weighted by Gasteiger charge is 2.30. The average molecular weight is 374 g/mol. The molecule has 1 saturated heterocycles. The van der Waals surface area contributed by atoms with Crippen LogP contribution in [0, 0.1) is 0 Å². The van der Waals surface area contributed by atoms with Crippen LogP contribution in [0.4, 0.5) is 11.8 Å². The van der Waals surface area contributed by atoms with E-state index in [1.807, 2.05) is 24.3 Å². The van der Waals surface area contributed by atoms with E-state index >= 15 is 0 Å². The summed E-state index contributed by atoms with van der Waals surface area (Å²) in [4.78, 5) is 11.1. The molecule has 6 nitrogen and oxygen atoms in total. The molecule has 1 saturated carbocycles. The first-order valence-corrected chi connectivity index (χ1v) is 9.52. The number of hydrogen-bond acceptors (Lipinski definition) is 6. The SMILES string of the molecule is Nc1nc(C2CC(N)C2)cc(N2CCC(Oc3ccccc3Cl)CC2)n1. The van der Waals surface area contributed by atoms with Crippen LogP contribution in [0.15, 0.2) is 30.3 Å². The summed E-state index contributed by atoms with van der Waals surface area (Å²) < 4.78 is 6.06. The molecule has 0 atom stereocenters. The largest absolute Gasteiger partial charge is 0.489 e. The van der Waals surface area contributed by atoms with Crippen molar-refractivity contribution in [2.24, 2.45) is 5.73 Å². The van der Waals surface area contributed by atoms with Gasteiger partial charge in [-0.15, -0.1) is 0 Å². The zero-order valence-electron chi connectivity index (χ0n) is 14.6. The summed E-state index contributed by atoms with van der Waals surface area (Å²) in [7, 11) is 0. The molecule has 0 spiro atoms. The first kappa shape index (κ1) is 17.4. The van der Waals surface area contributed by atoms with Crippen LogP contribution in [-0.2, 0) is 0 Å². The van der Waals surface area contributed by atoms with E-state index in [0.717, 1.165) is 56.0 Å². The molecule has 1 aromatic heterocycles. The number of piperidine rings is 1. The highest BCUT2D eigenvalue weighted by Crippen LogP contribution is 2.36. The van der Waals surface area contributed by atoms with Crippen molar-refractivity contribution < 1.29 is 4.74 Å². The molecule has 1 aliphatic carbocycles. The van der Waals surface area contributed by atoms with E-state index < -0.39 is 0 Å². The lowest BCUT2D eigenvalue weighted by molar-refractivity contribution is 0.171. The van der Waals surface area contributed by atoms with Crippen LogP contribution >= 0.6 is 11.6 Å². The zero-order chi connectivity index (χ0) is 18.1. The van der Waals surface area contributed by atoms with Crippen LogP contribution in [0.2, 0.25) is 5.02 Å². The number of nitrogens with zero attached hydrogens (tertiary/aromatic N) is 3. The van der Waals surface area contributed by atoms with Gasteiger partial charge in [0.25, 0.3) is 0 Å². The third kappa shape index (κ3) is 3.71. The fraction of sp³-hybridized carbons (Fsp3) is 0.474. The molecule has 2 heterocycles. The molecule has 2 aliphatic rings. The number of benzene rings is 1. The van der Waals surface area contributed by atoms with E-state index in [4.69, 9.17) is 27.8 Å². The Morgan fingerprint density at radius 2 is 1.85 bits per heavy atom. The number of rotatable bonds is 4. The monoisotopic (exact) mass is 373 g/mol. The second kappa shape index (κ2) is 7.29. The van der Waals surface area contributed by atoms with Crippen molar-refractivity contribution in [3.05, 3.63) is 41.0 Å². The quantitative estimate of drug-likeness (QED) is 0.856. The van der Waals surface area contributed by atoms with Crippen molar-refractivity contribution in [1.82, 2.24) is 9.97 Å². The number of hydrogen-bond donors (Lipinski definition) is 2. The lowest BCUT2D eigenvalue weighted by atomic mass is 9.78. The van der Waals surface area contributed by atoms with Gasteiger partial charge in [0.2, 0.25) is 5.95 Å². The number of ether oxygens (including phenoxy) is 1. The molecule has 0 radical (unpaired) electrons. The van der Waals surface area contributed by atoms with E-state index in [1.54, 1.807) is 0 Å². The molecule has 7 heteroatoms. The minimum absolute atomic E-state index is 0.162. The smallest absolute Gasteiger partial charge is 0.222 e. The van der Waals surface area contributed by atoms with Crippen LogP contribution in [0.5, 0.6) is 5.75 Å². The number of para-hydroxylation sites is 1. The van der Waals surface area contributed by atoms with Crippen molar-refractivity contribution in [1.29, 1.82) is 0 Å². The minimum Gasteiger partial charge on any atom is -0.489 e. The van der Waals surface area contributed by atoms with Gasteiger partial charge in [-0.3, -0.25) is 0 Å². The van der Waals surface area contributed by atoms with E-state index in [0.29, 0.717) is 16.9 Å². The maximum Gasteiger partial charge on any atom is 0.222 e. The Bertz CT molecular complexity index is 772. The van der Waals surface area contributed by atoms with Gasteiger partial charge >= 0.3 is 0 Å². The molecule has 0 bridgehead atoms. The number of halogens is 1. The summed E-state index contributed by atoms with van der Waals surface area (Å²) in [5.74, 6) is 2.41. The third-order valence-electron chi connectivity index (χ3n) is 5.24. The topological polar surface area (TPSA) is 90.3 Å². The maximum absolute atomic E-state index is 6.19. The fourth-order valence-corrected chi connectivity index (χ4v) is 3.85. The zero-order valence-corrected chi connectivity index (χ0v) is 15.4. The van der Waals surface area contributed by atoms with Gasteiger partial charge in [-0.2, -0.15) is 4.98 Å². The first-order chi connectivity index (χ1) is 12.6. The molecule has 4 rings (SSSR count). The Morgan fingerprint density at radius 3 is 2.54 bits per heavy atom.